The van der Waals surface area contributed by atoms with Crippen LogP contribution in [-0.2, 0) is 6.54 Å². The molecule has 0 saturated heterocycles. The van der Waals surface area contributed by atoms with Gasteiger partial charge in [0, 0.05) is 24.5 Å². The first-order chi connectivity index (χ1) is 7.66. The van der Waals surface area contributed by atoms with E-state index in [0.29, 0.717) is 11.9 Å². The Morgan fingerprint density at radius 2 is 2.06 bits per heavy atom. The molecule has 2 aromatic rings. The molecular formula is C10H8F3N3. The molecule has 0 aliphatic rings. The lowest BCUT2D eigenvalue weighted by Gasteiger charge is -2.06. The van der Waals surface area contributed by atoms with Gasteiger partial charge in [0.2, 0.25) is 0 Å². The zero-order valence-corrected chi connectivity index (χ0v) is 8.10. The lowest BCUT2D eigenvalue weighted by atomic mass is 10.3. The Hall–Kier alpha value is -1.98. The molecule has 0 bridgehead atoms. The Kier molecular flexibility index (Phi) is 2.80. The van der Waals surface area contributed by atoms with Gasteiger partial charge >= 0.3 is 0 Å². The first kappa shape index (κ1) is 10.5. The summed E-state index contributed by atoms with van der Waals surface area (Å²) in [5, 5.41) is 2.55. The smallest absolute Gasteiger partial charge is 0.182 e. The summed E-state index contributed by atoms with van der Waals surface area (Å²) >= 11 is 0. The monoisotopic (exact) mass is 227 g/mol. The summed E-state index contributed by atoms with van der Waals surface area (Å²) in [6, 6.07) is 1.38. The average molecular weight is 227 g/mol. The van der Waals surface area contributed by atoms with Crippen LogP contribution in [-0.4, -0.2) is 9.97 Å². The molecule has 0 aliphatic carbocycles. The van der Waals surface area contributed by atoms with Crippen LogP contribution in [0.2, 0.25) is 0 Å². The van der Waals surface area contributed by atoms with Gasteiger partial charge in [-0.25, -0.2) is 18.2 Å². The highest BCUT2D eigenvalue weighted by Gasteiger charge is 2.10. The number of benzene rings is 1. The van der Waals surface area contributed by atoms with Crippen LogP contribution < -0.4 is 5.32 Å². The summed E-state index contributed by atoms with van der Waals surface area (Å²) in [7, 11) is 0. The minimum atomic E-state index is -1.22. The molecule has 6 heteroatoms. The van der Waals surface area contributed by atoms with Crippen molar-refractivity contribution in [3.8, 4) is 0 Å². The average Bonchev–Trinajstić information content (AvgIpc) is 2.74. The second-order valence-electron chi connectivity index (χ2n) is 3.14. The van der Waals surface area contributed by atoms with Gasteiger partial charge in [-0.3, -0.25) is 0 Å². The molecule has 1 aromatic heterocycles. The molecule has 0 saturated carbocycles. The van der Waals surface area contributed by atoms with E-state index in [1.165, 1.54) is 6.20 Å². The predicted molar refractivity (Wildman–Crippen MR) is 52.2 cm³/mol. The second kappa shape index (κ2) is 4.26. The molecule has 0 aliphatic heterocycles. The van der Waals surface area contributed by atoms with Crippen LogP contribution in [0.5, 0.6) is 0 Å². The topological polar surface area (TPSA) is 40.7 Å². The van der Waals surface area contributed by atoms with Crippen molar-refractivity contribution < 1.29 is 13.2 Å². The zero-order chi connectivity index (χ0) is 11.5. The molecule has 84 valence electrons. The maximum absolute atomic E-state index is 13.2. The van der Waals surface area contributed by atoms with Crippen LogP contribution in [0.4, 0.5) is 18.9 Å². The number of halogens is 3. The van der Waals surface area contributed by atoms with Gasteiger partial charge in [-0.2, -0.15) is 0 Å². The van der Waals surface area contributed by atoms with Crippen molar-refractivity contribution in [3.05, 3.63) is 47.8 Å². The normalized spacial score (nSPS) is 10.4. The number of hydrogen-bond acceptors (Lipinski definition) is 2. The van der Waals surface area contributed by atoms with Gasteiger partial charge in [0.05, 0.1) is 12.2 Å². The third-order valence-corrected chi connectivity index (χ3v) is 1.99. The van der Waals surface area contributed by atoms with Crippen molar-refractivity contribution in [2.75, 3.05) is 5.32 Å². The van der Waals surface area contributed by atoms with Gasteiger partial charge in [0.15, 0.2) is 11.6 Å². The van der Waals surface area contributed by atoms with Crippen molar-refractivity contribution in [1.29, 1.82) is 0 Å². The number of nitrogens with one attached hydrogen (secondary N) is 2. The maximum atomic E-state index is 13.2. The molecular weight excluding hydrogens is 219 g/mol. The van der Waals surface area contributed by atoms with Crippen molar-refractivity contribution in [2.24, 2.45) is 0 Å². The maximum Gasteiger partial charge on any atom is 0.182 e. The van der Waals surface area contributed by atoms with Crippen LogP contribution in [0, 0.1) is 17.5 Å². The molecule has 0 atom stereocenters. The fourth-order valence-electron chi connectivity index (χ4n) is 1.26. The van der Waals surface area contributed by atoms with Crippen molar-refractivity contribution in [2.45, 2.75) is 6.54 Å². The van der Waals surface area contributed by atoms with Crippen LogP contribution in [0.15, 0.2) is 24.5 Å². The van der Waals surface area contributed by atoms with E-state index in [2.05, 4.69) is 15.3 Å². The lowest BCUT2D eigenvalue weighted by molar-refractivity contribution is 0.497. The van der Waals surface area contributed by atoms with Crippen LogP contribution in [0.25, 0.3) is 0 Å². The molecule has 1 heterocycles. The minimum Gasteiger partial charge on any atom is -0.375 e. The molecule has 1 aromatic carbocycles. The number of nitrogens with zero attached hydrogens (tertiary/aromatic N) is 1. The number of imidazole rings is 1. The predicted octanol–water partition coefficient (Wildman–Crippen LogP) is 2.44. The van der Waals surface area contributed by atoms with Gasteiger partial charge in [-0.15, -0.1) is 0 Å². The van der Waals surface area contributed by atoms with Crippen LogP contribution >= 0.6 is 0 Å². The molecule has 0 fully saturated rings. The quantitative estimate of drug-likeness (QED) is 0.790. The first-order valence-corrected chi connectivity index (χ1v) is 4.53. The molecule has 0 unspecified atom stereocenters. The van der Waals surface area contributed by atoms with E-state index >= 15 is 0 Å². The number of hydrogen-bond donors (Lipinski definition) is 2. The molecule has 0 spiro atoms. The summed E-state index contributed by atoms with van der Waals surface area (Å²) in [6.07, 6.45) is 3.12. The Bertz CT molecular complexity index is 482. The lowest BCUT2D eigenvalue weighted by Crippen LogP contribution is -2.04. The first-order valence-electron chi connectivity index (χ1n) is 4.53. The van der Waals surface area contributed by atoms with E-state index in [4.69, 9.17) is 0 Å². The summed E-state index contributed by atoms with van der Waals surface area (Å²) in [6.45, 7) is 0.160. The van der Waals surface area contributed by atoms with E-state index in [1.54, 1.807) is 6.20 Å². The van der Waals surface area contributed by atoms with Gasteiger partial charge in [0.1, 0.15) is 11.6 Å². The van der Waals surface area contributed by atoms with E-state index in [1.807, 2.05) is 0 Å². The number of rotatable bonds is 3. The van der Waals surface area contributed by atoms with E-state index in [9.17, 15) is 13.2 Å². The second-order valence-corrected chi connectivity index (χ2v) is 3.14. The number of aromatic amines is 1. The fraction of sp³-hybridized carbons (Fsp3) is 0.100. The molecule has 2 N–H and O–H groups in total. The fourth-order valence-corrected chi connectivity index (χ4v) is 1.26. The van der Waals surface area contributed by atoms with Gasteiger partial charge in [-0.1, -0.05) is 0 Å². The van der Waals surface area contributed by atoms with Crippen molar-refractivity contribution in [3.63, 3.8) is 0 Å². The molecule has 2 rings (SSSR count). The minimum absolute atomic E-state index is 0.160. The van der Waals surface area contributed by atoms with Gasteiger partial charge in [-0.05, 0) is 0 Å². The molecule has 16 heavy (non-hydrogen) atoms. The molecule has 3 nitrogen and oxygen atoms in total. The van der Waals surface area contributed by atoms with E-state index in [-0.39, 0.29) is 12.2 Å². The number of aromatic nitrogens is 2. The highest BCUT2D eigenvalue weighted by atomic mass is 19.2. The van der Waals surface area contributed by atoms with E-state index < -0.39 is 17.5 Å². The number of H-pyrrole nitrogens is 1. The summed E-state index contributed by atoms with van der Waals surface area (Å²) in [5.74, 6) is -2.61. The van der Waals surface area contributed by atoms with Crippen LogP contribution in [0.1, 0.15) is 5.82 Å². The number of anilines is 1. The summed E-state index contributed by atoms with van der Waals surface area (Å²) in [5.41, 5.74) is -0.228. The largest absolute Gasteiger partial charge is 0.375 e. The summed E-state index contributed by atoms with van der Waals surface area (Å²) < 4.78 is 38.8. The third kappa shape index (κ3) is 2.16. The molecule has 0 radical (unpaired) electrons. The third-order valence-electron chi connectivity index (χ3n) is 1.99. The molecule has 0 amide bonds. The zero-order valence-electron chi connectivity index (χ0n) is 8.10. The van der Waals surface area contributed by atoms with Crippen molar-refractivity contribution in [1.82, 2.24) is 9.97 Å². The Morgan fingerprint density at radius 1 is 1.25 bits per heavy atom. The Balaban J connectivity index is 2.15. The highest BCUT2D eigenvalue weighted by Crippen LogP contribution is 2.19. The van der Waals surface area contributed by atoms with Gasteiger partial charge < -0.3 is 10.3 Å². The van der Waals surface area contributed by atoms with E-state index in [0.717, 1.165) is 6.07 Å². The standard InChI is InChI=1S/C10H8F3N3/c11-6-3-7(12)10(13)8(4-6)16-5-9-14-1-2-15-9/h1-4,16H,5H2,(H,14,15). The Labute approximate surface area is 89.3 Å². The van der Waals surface area contributed by atoms with Gasteiger partial charge in [0.25, 0.3) is 0 Å². The highest BCUT2D eigenvalue weighted by molar-refractivity contribution is 5.45. The Morgan fingerprint density at radius 3 is 2.75 bits per heavy atom. The van der Waals surface area contributed by atoms with Crippen LogP contribution in [0.3, 0.4) is 0 Å². The summed E-state index contributed by atoms with van der Waals surface area (Å²) in [4.78, 5) is 6.65. The van der Waals surface area contributed by atoms with Crippen molar-refractivity contribution >= 4 is 5.69 Å². The SMILES string of the molecule is Fc1cc(F)c(F)c(NCc2ncc[nH]2)c1.